The maximum absolute atomic E-state index is 13.5. The molecule has 0 radical (unpaired) electrons. The fraction of sp³-hybridized carbons (Fsp3) is 0.423. The number of fused-ring (bicyclic) bond motifs is 1. The topological polar surface area (TPSA) is 118 Å². The molecule has 2 aromatic heterocycles. The Hall–Kier alpha value is -3.95. The minimum absolute atomic E-state index is 0.0763. The standard InChI is InChI=1S/C26H32N6O4/c1-4-36-25(34)18(3)28-26(35)29-20-11-14-31(15-12-20)23-24(33)32(16-19-9-7-17(2)8-10-19)22-21(30-23)6-5-13-27-22/h5-10,13,18,20H,4,11-12,14-16H2,1-3H3,(H2,28,29,35). The molecule has 10 heteroatoms. The van der Waals surface area contributed by atoms with E-state index in [1.165, 1.54) is 0 Å². The highest BCUT2D eigenvalue weighted by atomic mass is 16.5. The molecule has 1 fully saturated rings. The molecule has 0 aliphatic carbocycles. The molecule has 0 bridgehead atoms. The van der Waals surface area contributed by atoms with E-state index >= 15 is 0 Å². The highest BCUT2D eigenvalue weighted by molar-refractivity contribution is 5.83. The zero-order chi connectivity index (χ0) is 25.7. The predicted octanol–water partition coefficient (Wildman–Crippen LogP) is 2.37. The number of pyridine rings is 1. The zero-order valence-electron chi connectivity index (χ0n) is 20.9. The quantitative estimate of drug-likeness (QED) is 0.486. The van der Waals surface area contributed by atoms with Crippen molar-refractivity contribution in [3.05, 3.63) is 64.1 Å². The molecule has 1 atom stereocenters. The molecule has 2 N–H and O–H groups in total. The third-order valence-electron chi connectivity index (χ3n) is 6.26. The van der Waals surface area contributed by atoms with Gasteiger partial charge in [-0.2, -0.15) is 0 Å². The van der Waals surface area contributed by atoms with Gasteiger partial charge in [0.25, 0.3) is 5.56 Å². The fourth-order valence-corrected chi connectivity index (χ4v) is 4.28. The molecule has 3 aromatic rings. The van der Waals surface area contributed by atoms with Gasteiger partial charge >= 0.3 is 12.0 Å². The molecule has 1 aliphatic rings. The molecule has 1 aliphatic heterocycles. The lowest BCUT2D eigenvalue weighted by Gasteiger charge is -2.33. The van der Waals surface area contributed by atoms with Crippen LogP contribution in [0.5, 0.6) is 0 Å². The maximum atomic E-state index is 13.5. The van der Waals surface area contributed by atoms with Crippen LogP contribution in [-0.2, 0) is 16.1 Å². The summed E-state index contributed by atoms with van der Waals surface area (Å²) in [6, 6.07) is 10.5. The second kappa shape index (κ2) is 11.2. The van der Waals surface area contributed by atoms with Crippen molar-refractivity contribution in [3.8, 4) is 0 Å². The lowest BCUT2D eigenvalue weighted by atomic mass is 10.1. The molecule has 1 unspecified atom stereocenters. The molecule has 2 amide bonds. The lowest BCUT2D eigenvalue weighted by molar-refractivity contribution is -0.144. The Bertz CT molecular complexity index is 1280. The van der Waals surface area contributed by atoms with Gasteiger partial charge in [-0.15, -0.1) is 0 Å². The first-order chi connectivity index (χ1) is 17.4. The minimum atomic E-state index is -0.729. The lowest BCUT2D eigenvalue weighted by Crippen LogP contribution is -2.51. The molecule has 10 nitrogen and oxygen atoms in total. The number of amides is 2. The molecule has 4 rings (SSSR count). The van der Waals surface area contributed by atoms with Crippen molar-refractivity contribution in [3.63, 3.8) is 0 Å². The summed E-state index contributed by atoms with van der Waals surface area (Å²) in [4.78, 5) is 48.6. The average molecular weight is 493 g/mol. The van der Waals surface area contributed by atoms with Crippen molar-refractivity contribution in [1.29, 1.82) is 0 Å². The van der Waals surface area contributed by atoms with Crippen LogP contribution in [0.15, 0.2) is 47.4 Å². The summed E-state index contributed by atoms with van der Waals surface area (Å²) in [5.41, 5.74) is 3.19. The highest BCUT2D eigenvalue weighted by Gasteiger charge is 2.26. The molecule has 1 aromatic carbocycles. The van der Waals surface area contributed by atoms with E-state index < -0.39 is 18.0 Å². The van der Waals surface area contributed by atoms with Gasteiger partial charge in [0.05, 0.1) is 13.2 Å². The van der Waals surface area contributed by atoms with Crippen LogP contribution in [0.2, 0.25) is 0 Å². The number of hydrogen-bond acceptors (Lipinski definition) is 7. The Kier molecular flexibility index (Phi) is 7.82. The molecule has 0 saturated carbocycles. The van der Waals surface area contributed by atoms with Gasteiger partial charge in [0.2, 0.25) is 0 Å². The normalized spacial score (nSPS) is 14.9. The molecule has 0 spiro atoms. The van der Waals surface area contributed by atoms with Gasteiger partial charge in [-0.05, 0) is 51.3 Å². The minimum Gasteiger partial charge on any atom is -0.464 e. The number of anilines is 1. The number of aryl methyl sites for hydroxylation is 1. The predicted molar refractivity (Wildman–Crippen MR) is 137 cm³/mol. The first-order valence-corrected chi connectivity index (χ1v) is 12.3. The van der Waals surface area contributed by atoms with Crippen molar-refractivity contribution in [2.75, 3.05) is 24.6 Å². The summed E-state index contributed by atoms with van der Waals surface area (Å²) in [6.07, 6.45) is 2.95. The van der Waals surface area contributed by atoms with E-state index in [1.807, 2.05) is 48.2 Å². The number of carbonyl (C=O) groups excluding carboxylic acids is 2. The maximum Gasteiger partial charge on any atom is 0.328 e. The van der Waals surface area contributed by atoms with Gasteiger partial charge in [-0.3, -0.25) is 9.36 Å². The molecular formula is C26H32N6O4. The second-order valence-electron chi connectivity index (χ2n) is 9.01. The first-order valence-electron chi connectivity index (χ1n) is 12.3. The number of esters is 1. The average Bonchev–Trinajstić information content (AvgIpc) is 2.87. The van der Waals surface area contributed by atoms with E-state index in [2.05, 4.69) is 20.6 Å². The number of aromatic nitrogens is 3. The third-order valence-corrected chi connectivity index (χ3v) is 6.26. The second-order valence-corrected chi connectivity index (χ2v) is 9.01. The number of nitrogens with one attached hydrogen (secondary N) is 2. The van der Waals surface area contributed by atoms with Crippen LogP contribution >= 0.6 is 0 Å². The van der Waals surface area contributed by atoms with E-state index in [0.29, 0.717) is 49.5 Å². The van der Waals surface area contributed by atoms with Crippen molar-refractivity contribution >= 4 is 29.0 Å². The van der Waals surface area contributed by atoms with E-state index in [0.717, 1.165) is 11.1 Å². The Labute approximate surface area is 209 Å². The van der Waals surface area contributed by atoms with Crippen LogP contribution in [0.25, 0.3) is 11.2 Å². The van der Waals surface area contributed by atoms with Gasteiger partial charge < -0.3 is 20.3 Å². The third kappa shape index (κ3) is 5.81. The number of piperidine rings is 1. The van der Waals surface area contributed by atoms with E-state index in [9.17, 15) is 14.4 Å². The summed E-state index contributed by atoms with van der Waals surface area (Å²) in [7, 11) is 0. The monoisotopic (exact) mass is 492 g/mol. The van der Waals surface area contributed by atoms with Gasteiger partial charge in [-0.25, -0.2) is 19.6 Å². The number of rotatable bonds is 7. The van der Waals surface area contributed by atoms with Crippen molar-refractivity contribution < 1.29 is 14.3 Å². The largest absolute Gasteiger partial charge is 0.464 e. The molecule has 3 heterocycles. The smallest absolute Gasteiger partial charge is 0.328 e. The Balaban J connectivity index is 1.46. The SMILES string of the molecule is CCOC(=O)C(C)NC(=O)NC1CCN(c2nc3cccnc3n(Cc3ccc(C)cc3)c2=O)CC1. The van der Waals surface area contributed by atoms with Crippen LogP contribution in [0.1, 0.15) is 37.8 Å². The van der Waals surface area contributed by atoms with Gasteiger partial charge in [0, 0.05) is 25.3 Å². The highest BCUT2D eigenvalue weighted by Crippen LogP contribution is 2.19. The summed E-state index contributed by atoms with van der Waals surface area (Å²) in [5, 5.41) is 5.52. The number of carbonyl (C=O) groups is 2. The zero-order valence-corrected chi connectivity index (χ0v) is 20.9. The van der Waals surface area contributed by atoms with Gasteiger partial charge in [0.1, 0.15) is 11.6 Å². The van der Waals surface area contributed by atoms with Crippen LogP contribution < -0.4 is 21.1 Å². The summed E-state index contributed by atoms with van der Waals surface area (Å²) in [5.74, 6) is -0.0808. The first kappa shape index (κ1) is 25.2. The van der Waals surface area contributed by atoms with Crippen molar-refractivity contribution in [2.24, 2.45) is 0 Å². The van der Waals surface area contributed by atoms with E-state index in [1.54, 1.807) is 24.6 Å². The number of nitrogens with zero attached hydrogens (tertiary/aromatic N) is 4. The molecular weight excluding hydrogens is 460 g/mol. The summed E-state index contributed by atoms with van der Waals surface area (Å²) in [6.45, 7) is 7.13. The number of urea groups is 1. The van der Waals surface area contributed by atoms with E-state index in [-0.39, 0.29) is 18.2 Å². The number of hydrogen-bond donors (Lipinski definition) is 2. The van der Waals surface area contributed by atoms with Crippen molar-refractivity contribution in [2.45, 2.75) is 52.2 Å². The Morgan fingerprint density at radius 3 is 2.58 bits per heavy atom. The molecule has 1 saturated heterocycles. The van der Waals surface area contributed by atoms with Gasteiger partial charge in [0.15, 0.2) is 11.5 Å². The molecule has 190 valence electrons. The van der Waals surface area contributed by atoms with Crippen molar-refractivity contribution in [1.82, 2.24) is 25.2 Å². The van der Waals surface area contributed by atoms with Gasteiger partial charge in [-0.1, -0.05) is 29.8 Å². The Morgan fingerprint density at radius 1 is 1.17 bits per heavy atom. The molecule has 36 heavy (non-hydrogen) atoms. The van der Waals surface area contributed by atoms with Crippen LogP contribution in [-0.4, -0.2) is 58.3 Å². The van der Waals surface area contributed by atoms with Crippen LogP contribution in [0.3, 0.4) is 0 Å². The summed E-state index contributed by atoms with van der Waals surface area (Å²) < 4.78 is 6.60. The Morgan fingerprint density at radius 2 is 1.89 bits per heavy atom. The fourth-order valence-electron chi connectivity index (χ4n) is 4.28. The van der Waals surface area contributed by atoms with E-state index in [4.69, 9.17) is 4.74 Å². The number of ether oxygens (including phenoxy) is 1. The number of benzene rings is 1. The summed E-state index contributed by atoms with van der Waals surface area (Å²) >= 11 is 0. The van der Waals surface area contributed by atoms with Crippen LogP contribution in [0, 0.1) is 6.92 Å². The van der Waals surface area contributed by atoms with Crippen LogP contribution in [0.4, 0.5) is 10.6 Å².